The summed E-state index contributed by atoms with van der Waals surface area (Å²) in [6.07, 6.45) is 3.45. The summed E-state index contributed by atoms with van der Waals surface area (Å²) in [4.78, 5) is 29.2. The fourth-order valence-corrected chi connectivity index (χ4v) is 3.16. The molecule has 0 atom stereocenters. The number of likely N-dealkylation sites (tertiary alicyclic amines) is 1. The Morgan fingerprint density at radius 2 is 1.59 bits per heavy atom. The Morgan fingerprint density at radius 3 is 2.18 bits per heavy atom. The van der Waals surface area contributed by atoms with Gasteiger partial charge in [0.05, 0.1) is 0 Å². The van der Waals surface area contributed by atoms with Crippen LogP contribution in [-0.2, 0) is 11.3 Å². The first kappa shape index (κ1) is 15.0. The second-order valence-corrected chi connectivity index (χ2v) is 6.11. The third-order valence-corrected chi connectivity index (χ3v) is 4.56. The van der Waals surface area contributed by atoms with Crippen LogP contribution in [0.15, 0.2) is 24.3 Å². The molecule has 2 aliphatic rings. The molecule has 5 nitrogen and oxygen atoms in total. The Kier molecular flexibility index (Phi) is 4.73. The largest absolute Gasteiger partial charge is 0.342 e. The van der Waals surface area contributed by atoms with Gasteiger partial charge in [-0.25, -0.2) is 0 Å². The van der Waals surface area contributed by atoms with Crippen molar-refractivity contribution >= 4 is 12.3 Å². The van der Waals surface area contributed by atoms with Crippen molar-refractivity contribution in [3.63, 3.8) is 0 Å². The number of rotatable bonds is 4. The smallest absolute Gasteiger partial charge is 0.253 e. The van der Waals surface area contributed by atoms with E-state index in [0.717, 1.165) is 18.5 Å². The highest BCUT2D eigenvalue weighted by Gasteiger charge is 2.21. The monoisotopic (exact) mass is 301 g/mol. The van der Waals surface area contributed by atoms with Gasteiger partial charge >= 0.3 is 0 Å². The van der Waals surface area contributed by atoms with Gasteiger partial charge in [0.25, 0.3) is 5.91 Å². The lowest BCUT2D eigenvalue weighted by Crippen LogP contribution is -2.48. The van der Waals surface area contributed by atoms with Crippen molar-refractivity contribution in [3.05, 3.63) is 35.4 Å². The van der Waals surface area contributed by atoms with Crippen LogP contribution in [0.1, 0.15) is 28.8 Å². The highest BCUT2D eigenvalue weighted by Crippen LogP contribution is 2.14. The maximum atomic E-state index is 12.5. The fourth-order valence-electron chi connectivity index (χ4n) is 3.16. The number of piperazine rings is 1. The van der Waals surface area contributed by atoms with Crippen LogP contribution >= 0.6 is 0 Å². The highest BCUT2D eigenvalue weighted by molar-refractivity contribution is 5.94. The Bertz CT molecular complexity index is 515. The number of hydrogen-bond acceptors (Lipinski definition) is 3. The van der Waals surface area contributed by atoms with Crippen LogP contribution in [0.5, 0.6) is 0 Å². The van der Waals surface area contributed by atoms with E-state index in [9.17, 15) is 9.59 Å². The molecule has 2 heterocycles. The van der Waals surface area contributed by atoms with Gasteiger partial charge in [0, 0.05) is 38.3 Å². The Hall–Kier alpha value is -1.88. The minimum absolute atomic E-state index is 0.0678. The zero-order valence-corrected chi connectivity index (χ0v) is 12.9. The molecule has 0 N–H and O–H groups in total. The molecule has 3 rings (SSSR count). The summed E-state index contributed by atoms with van der Waals surface area (Å²) in [6, 6.07) is 7.99. The van der Waals surface area contributed by atoms with E-state index >= 15 is 0 Å². The standard InChI is InChI=1S/C17H23N3O2/c21-14-19-9-11-20(12-10-19)17(22)16-5-3-15(4-6-16)13-18-7-1-2-8-18/h3-6,14H,1-2,7-13H2. The first-order valence-electron chi connectivity index (χ1n) is 8.06. The SMILES string of the molecule is O=CN1CCN(C(=O)c2ccc(CN3CCCC3)cc2)CC1. The van der Waals surface area contributed by atoms with Crippen LogP contribution < -0.4 is 0 Å². The molecule has 5 heteroatoms. The molecule has 0 radical (unpaired) electrons. The van der Waals surface area contributed by atoms with E-state index in [1.54, 1.807) is 4.90 Å². The van der Waals surface area contributed by atoms with Crippen molar-refractivity contribution in [1.29, 1.82) is 0 Å². The molecule has 1 aromatic rings. The van der Waals surface area contributed by atoms with Crippen molar-refractivity contribution in [2.24, 2.45) is 0 Å². The lowest BCUT2D eigenvalue weighted by Gasteiger charge is -2.32. The van der Waals surface area contributed by atoms with Crippen LogP contribution in [0, 0.1) is 0 Å². The van der Waals surface area contributed by atoms with E-state index in [0.29, 0.717) is 26.2 Å². The first-order valence-corrected chi connectivity index (χ1v) is 8.06. The molecule has 2 fully saturated rings. The second-order valence-electron chi connectivity index (χ2n) is 6.11. The Balaban J connectivity index is 1.57. The second kappa shape index (κ2) is 6.92. The van der Waals surface area contributed by atoms with E-state index in [4.69, 9.17) is 0 Å². The highest BCUT2D eigenvalue weighted by atomic mass is 16.2. The molecule has 0 saturated carbocycles. The van der Waals surface area contributed by atoms with Gasteiger partial charge in [-0.15, -0.1) is 0 Å². The quantitative estimate of drug-likeness (QED) is 0.785. The summed E-state index contributed by atoms with van der Waals surface area (Å²) in [5, 5.41) is 0. The van der Waals surface area contributed by atoms with E-state index in [-0.39, 0.29) is 5.91 Å². The van der Waals surface area contributed by atoms with Crippen LogP contribution in [0.2, 0.25) is 0 Å². The third kappa shape index (κ3) is 3.47. The number of amides is 2. The van der Waals surface area contributed by atoms with E-state index in [1.807, 2.05) is 17.0 Å². The Morgan fingerprint density at radius 1 is 0.955 bits per heavy atom. The summed E-state index contributed by atoms with van der Waals surface area (Å²) < 4.78 is 0. The average molecular weight is 301 g/mol. The molecular formula is C17H23N3O2. The Labute approximate surface area is 131 Å². The van der Waals surface area contributed by atoms with Gasteiger partial charge in [0.1, 0.15) is 0 Å². The summed E-state index contributed by atoms with van der Waals surface area (Å²) in [5.74, 6) is 0.0678. The van der Waals surface area contributed by atoms with Gasteiger partial charge < -0.3 is 9.80 Å². The zero-order chi connectivity index (χ0) is 15.4. The van der Waals surface area contributed by atoms with Crippen molar-refractivity contribution in [1.82, 2.24) is 14.7 Å². The molecule has 2 amide bonds. The maximum absolute atomic E-state index is 12.5. The average Bonchev–Trinajstić information content (AvgIpc) is 3.08. The molecule has 2 saturated heterocycles. The van der Waals surface area contributed by atoms with Crippen LogP contribution in [0.25, 0.3) is 0 Å². The molecule has 0 aromatic heterocycles. The van der Waals surface area contributed by atoms with Crippen molar-refractivity contribution in [2.45, 2.75) is 19.4 Å². The molecule has 118 valence electrons. The van der Waals surface area contributed by atoms with Gasteiger partial charge in [-0.3, -0.25) is 14.5 Å². The first-order chi connectivity index (χ1) is 10.8. The van der Waals surface area contributed by atoms with Crippen LogP contribution in [-0.4, -0.2) is 66.3 Å². The number of carbonyl (C=O) groups is 2. The van der Waals surface area contributed by atoms with Gasteiger partial charge in [0.2, 0.25) is 6.41 Å². The number of hydrogen-bond donors (Lipinski definition) is 0. The van der Waals surface area contributed by atoms with Gasteiger partial charge in [-0.2, -0.15) is 0 Å². The minimum atomic E-state index is 0.0678. The molecule has 2 aliphatic heterocycles. The van der Waals surface area contributed by atoms with Gasteiger partial charge in [-0.05, 0) is 43.6 Å². The van der Waals surface area contributed by atoms with Crippen molar-refractivity contribution in [3.8, 4) is 0 Å². The molecule has 22 heavy (non-hydrogen) atoms. The predicted molar refractivity (Wildman–Crippen MR) is 84.5 cm³/mol. The molecule has 0 bridgehead atoms. The molecule has 0 aliphatic carbocycles. The lowest BCUT2D eigenvalue weighted by atomic mass is 10.1. The van der Waals surface area contributed by atoms with E-state index < -0.39 is 0 Å². The summed E-state index contributed by atoms with van der Waals surface area (Å²) in [6.45, 7) is 5.83. The maximum Gasteiger partial charge on any atom is 0.253 e. The van der Waals surface area contributed by atoms with Crippen molar-refractivity contribution < 1.29 is 9.59 Å². The number of benzene rings is 1. The molecule has 0 spiro atoms. The van der Waals surface area contributed by atoms with Gasteiger partial charge in [0.15, 0.2) is 0 Å². The number of nitrogens with zero attached hydrogens (tertiary/aromatic N) is 3. The molecular weight excluding hydrogens is 278 g/mol. The third-order valence-electron chi connectivity index (χ3n) is 4.56. The topological polar surface area (TPSA) is 43.9 Å². The van der Waals surface area contributed by atoms with Crippen molar-refractivity contribution in [2.75, 3.05) is 39.3 Å². The van der Waals surface area contributed by atoms with E-state index in [1.165, 1.54) is 31.5 Å². The van der Waals surface area contributed by atoms with Gasteiger partial charge in [-0.1, -0.05) is 12.1 Å². The molecule has 1 aromatic carbocycles. The normalized spacial score (nSPS) is 19.5. The van der Waals surface area contributed by atoms with E-state index in [2.05, 4.69) is 17.0 Å². The predicted octanol–water partition coefficient (Wildman–Crippen LogP) is 1.20. The van der Waals surface area contributed by atoms with Crippen LogP contribution in [0.3, 0.4) is 0 Å². The van der Waals surface area contributed by atoms with Crippen LogP contribution in [0.4, 0.5) is 0 Å². The summed E-state index contributed by atoms with van der Waals surface area (Å²) >= 11 is 0. The zero-order valence-electron chi connectivity index (χ0n) is 12.9. The lowest BCUT2D eigenvalue weighted by molar-refractivity contribution is -0.119. The number of carbonyl (C=O) groups excluding carboxylic acids is 2. The minimum Gasteiger partial charge on any atom is -0.342 e. The summed E-state index contributed by atoms with van der Waals surface area (Å²) in [7, 11) is 0. The summed E-state index contributed by atoms with van der Waals surface area (Å²) in [5.41, 5.74) is 2.01. The fraction of sp³-hybridized carbons (Fsp3) is 0.529. The molecule has 0 unspecified atom stereocenters.